The monoisotopic (exact) mass is 477 g/mol. The first-order valence-electron chi connectivity index (χ1n) is 10.4. The number of cyclic esters (lactones) is 1. The van der Waals surface area contributed by atoms with E-state index in [1.165, 1.54) is 38.6 Å². The summed E-state index contributed by atoms with van der Waals surface area (Å²) in [6.45, 7) is 5.46. The average Bonchev–Trinajstić information content (AvgIpc) is 3.43. The molecule has 3 aromatic rings. The highest BCUT2D eigenvalue weighted by Gasteiger charge is 2.26. The summed E-state index contributed by atoms with van der Waals surface area (Å²) in [4.78, 5) is 35.4. The molecule has 0 bridgehead atoms. The van der Waals surface area contributed by atoms with Gasteiger partial charge in [-0.15, -0.1) is 11.3 Å². The van der Waals surface area contributed by atoms with Crippen LogP contribution >= 0.6 is 11.3 Å². The van der Waals surface area contributed by atoms with Crippen molar-refractivity contribution in [2.45, 2.75) is 20.8 Å². The van der Waals surface area contributed by atoms with Crippen molar-refractivity contribution in [3.8, 4) is 11.5 Å². The molecule has 0 N–H and O–H groups in total. The molecule has 0 saturated carbocycles. The van der Waals surface area contributed by atoms with E-state index in [-0.39, 0.29) is 17.5 Å². The van der Waals surface area contributed by atoms with Crippen molar-refractivity contribution in [2.24, 2.45) is 4.99 Å². The Morgan fingerprint density at radius 2 is 1.82 bits per heavy atom. The molecule has 0 fully saturated rings. The van der Waals surface area contributed by atoms with Crippen LogP contribution in [0.25, 0.3) is 6.08 Å². The Morgan fingerprint density at radius 1 is 1.12 bits per heavy atom. The third-order valence-corrected chi connectivity index (χ3v) is 6.18. The maximum atomic E-state index is 12.5. The highest BCUT2D eigenvalue weighted by molar-refractivity contribution is 7.14. The number of anilines is 2. The molecule has 0 atom stereocenters. The van der Waals surface area contributed by atoms with Crippen molar-refractivity contribution in [2.75, 3.05) is 19.1 Å². The predicted molar refractivity (Wildman–Crippen MR) is 131 cm³/mol. The number of aryl methyl sites for hydroxylation is 1. The van der Waals surface area contributed by atoms with E-state index in [4.69, 9.17) is 14.2 Å². The number of carbonyl (C=O) groups excluding carboxylic acids is 2. The van der Waals surface area contributed by atoms with E-state index < -0.39 is 5.97 Å². The van der Waals surface area contributed by atoms with Crippen LogP contribution < -0.4 is 14.4 Å². The van der Waals surface area contributed by atoms with Gasteiger partial charge in [0.25, 0.3) is 0 Å². The van der Waals surface area contributed by atoms with Crippen LogP contribution in [0.2, 0.25) is 0 Å². The van der Waals surface area contributed by atoms with Crippen molar-refractivity contribution >= 4 is 46.0 Å². The number of hydrogen-bond donors (Lipinski definition) is 0. The minimum atomic E-state index is -0.593. The van der Waals surface area contributed by atoms with Gasteiger partial charge in [-0.25, -0.2) is 14.8 Å². The molecule has 8 nitrogen and oxygen atoms in total. The lowest BCUT2D eigenvalue weighted by atomic mass is 10.1. The molecule has 0 spiro atoms. The lowest BCUT2D eigenvalue weighted by Crippen LogP contribution is -2.23. The minimum absolute atomic E-state index is 0.106. The molecule has 4 rings (SSSR count). The Kier molecular flexibility index (Phi) is 6.47. The molecule has 0 radical (unpaired) electrons. The van der Waals surface area contributed by atoms with Crippen LogP contribution in [-0.2, 0) is 14.3 Å². The second-order valence-corrected chi connectivity index (χ2v) is 8.40. The molecule has 1 amide bonds. The first-order chi connectivity index (χ1) is 16.3. The van der Waals surface area contributed by atoms with Gasteiger partial charge in [-0.2, -0.15) is 0 Å². The number of methoxy groups -OCH3 is 2. The number of nitrogens with zero attached hydrogens (tertiary/aromatic N) is 3. The van der Waals surface area contributed by atoms with Gasteiger partial charge < -0.3 is 14.2 Å². The second-order valence-electron chi connectivity index (χ2n) is 7.57. The fraction of sp³-hybridized carbons (Fsp3) is 0.200. The maximum Gasteiger partial charge on any atom is 0.363 e. The Bertz CT molecular complexity index is 1320. The smallest absolute Gasteiger partial charge is 0.363 e. The molecule has 0 aliphatic carbocycles. The van der Waals surface area contributed by atoms with E-state index in [9.17, 15) is 9.59 Å². The largest absolute Gasteiger partial charge is 0.497 e. The van der Waals surface area contributed by atoms with E-state index >= 15 is 0 Å². The van der Waals surface area contributed by atoms with Crippen molar-refractivity contribution in [1.29, 1.82) is 0 Å². The van der Waals surface area contributed by atoms with Gasteiger partial charge in [-0.05, 0) is 49.2 Å². The van der Waals surface area contributed by atoms with Crippen molar-refractivity contribution in [1.82, 2.24) is 4.98 Å². The lowest BCUT2D eigenvalue weighted by molar-refractivity contribution is -0.130. The molecule has 174 valence electrons. The van der Waals surface area contributed by atoms with Crippen molar-refractivity contribution in [3.63, 3.8) is 0 Å². The number of esters is 1. The van der Waals surface area contributed by atoms with Gasteiger partial charge in [0.2, 0.25) is 11.8 Å². The van der Waals surface area contributed by atoms with Crippen LogP contribution in [0.1, 0.15) is 29.3 Å². The van der Waals surface area contributed by atoms with E-state index in [1.807, 2.05) is 32.0 Å². The number of amides is 1. The summed E-state index contributed by atoms with van der Waals surface area (Å²) >= 11 is 1.30. The van der Waals surface area contributed by atoms with Gasteiger partial charge in [0, 0.05) is 23.9 Å². The van der Waals surface area contributed by atoms with Crippen LogP contribution in [0, 0.1) is 13.8 Å². The number of carbonyl (C=O) groups is 2. The summed E-state index contributed by atoms with van der Waals surface area (Å²) in [5.74, 6) is 0.486. The van der Waals surface area contributed by atoms with Gasteiger partial charge in [-0.3, -0.25) is 9.69 Å². The number of benzene rings is 2. The fourth-order valence-corrected chi connectivity index (χ4v) is 4.27. The molecule has 0 saturated heterocycles. The van der Waals surface area contributed by atoms with E-state index in [0.29, 0.717) is 27.9 Å². The molecule has 0 unspecified atom stereocenters. The fourth-order valence-electron chi connectivity index (χ4n) is 3.43. The van der Waals surface area contributed by atoms with Gasteiger partial charge >= 0.3 is 5.97 Å². The second kappa shape index (κ2) is 9.48. The average molecular weight is 478 g/mol. The van der Waals surface area contributed by atoms with E-state index in [2.05, 4.69) is 9.98 Å². The SMILES string of the molecule is COc1cc(OC)cc(C2=NC(=Cc3csc(N(C(C)=O)c4cccc(C)c4C)n3)C(=O)O2)c1. The zero-order valence-electron chi connectivity index (χ0n) is 19.4. The standard InChI is InChI=1S/C25H23N3O5S/c1-14-7-6-8-22(15(14)2)28(16(3)29)25-26-18(13-34-25)11-21-24(30)33-23(27-21)17-9-19(31-4)12-20(10-17)32-5/h6-13H,1-5H3. The predicted octanol–water partition coefficient (Wildman–Crippen LogP) is 4.81. The first kappa shape index (κ1) is 23.2. The van der Waals surface area contributed by atoms with Crippen LogP contribution in [-0.4, -0.2) is 37.0 Å². The summed E-state index contributed by atoms with van der Waals surface area (Å²) in [7, 11) is 3.07. The Morgan fingerprint density at radius 3 is 2.47 bits per heavy atom. The Labute approximate surface area is 201 Å². The molecular weight excluding hydrogens is 454 g/mol. The highest BCUT2D eigenvalue weighted by Crippen LogP contribution is 2.33. The molecule has 1 aliphatic rings. The molecule has 2 aromatic carbocycles. The molecule has 9 heteroatoms. The zero-order valence-corrected chi connectivity index (χ0v) is 20.2. The summed E-state index contributed by atoms with van der Waals surface area (Å²) in [5.41, 5.74) is 3.99. The third-order valence-electron chi connectivity index (χ3n) is 5.34. The number of aromatic nitrogens is 1. The minimum Gasteiger partial charge on any atom is -0.497 e. The summed E-state index contributed by atoms with van der Waals surface area (Å²) < 4.78 is 15.9. The van der Waals surface area contributed by atoms with Crippen molar-refractivity contribution in [3.05, 3.63) is 69.9 Å². The van der Waals surface area contributed by atoms with Gasteiger partial charge in [0.15, 0.2) is 10.8 Å². The normalized spacial score (nSPS) is 14.1. The highest BCUT2D eigenvalue weighted by atomic mass is 32.1. The van der Waals surface area contributed by atoms with Crippen LogP contribution in [0.4, 0.5) is 10.8 Å². The summed E-state index contributed by atoms with van der Waals surface area (Å²) in [5, 5.41) is 2.26. The molecule has 34 heavy (non-hydrogen) atoms. The van der Waals surface area contributed by atoms with E-state index in [0.717, 1.165) is 16.8 Å². The maximum absolute atomic E-state index is 12.5. The number of hydrogen-bond acceptors (Lipinski definition) is 8. The zero-order chi connectivity index (χ0) is 24.4. The van der Waals surface area contributed by atoms with E-state index in [1.54, 1.807) is 28.5 Å². The quantitative estimate of drug-likeness (QED) is 0.374. The third kappa shape index (κ3) is 4.55. The topological polar surface area (TPSA) is 90.3 Å². The number of ether oxygens (including phenoxy) is 3. The summed E-state index contributed by atoms with van der Waals surface area (Å²) in [6, 6.07) is 10.9. The van der Waals surface area contributed by atoms with Crippen LogP contribution in [0.5, 0.6) is 11.5 Å². The van der Waals surface area contributed by atoms with Crippen LogP contribution in [0.15, 0.2) is 52.5 Å². The Hall–Kier alpha value is -3.98. The number of thiazole rings is 1. The Balaban J connectivity index is 1.66. The lowest BCUT2D eigenvalue weighted by Gasteiger charge is -2.21. The first-order valence-corrected chi connectivity index (χ1v) is 11.3. The molecule has 1 aromatic heterocycles. The van der Waals surface area contributed by atoms with Gasteiger partial charge in [0.1, 0.15) is 11.5 Å². The van der Waals surface area contributed by atoms with Gasteiger partial charge in [-0.1, -0.05) is 12.1 Å². The molecule has 1 aliphatic heterocycles. The van der Waals surface area contributed by atoms with Crippen LogP contribution in [0.3, 0.4) is 0 Å². The molecule has 2 heterocycles. The van der Waals surface area contributed by atoms with Crippen molar-refractivity contribution < 1.29 is 23.8 Å². The number of rotatable bonds is 6. The summed E-state index contributed by atoms with van der Waals surface area (Å²) in [6.07, 6.45) is 1.54. The van der Waals surface area contributed by atoms with Gasteiger partial charge in [0.05, 0.1) is 25.6 Å². The number of aliphatic imine (C=N–C) groups is 1. The molecular formula is C25H23N3O5S.